The van der Waals surface area contributed by atoms with Gasteiger partial charge in [-0.3, -0.25) is 9.59 Å². The molecular weight excluding hydrogens is 432 g/mol. The van der Waals surface area contributed by atoms with E-state index in [-0.39, 0.29) is 22.5 Å². The average Bonchev–Trinajstić information content (AvgIpc) is 2.72. The normalized spacial score (nSPS) is 13.8. The lowest BCUT2D eigenvalue weighted by atomic mass is 9.80. The molecule has 10 heteroatoms. The molecule has 4 N–H and O–H groups in total. The SMILES string of the molecule is C=C(C)C(=O)C(O)COC(=O)NCCC(C)(C)CC(C)CNC(=O)OCC(O)C(=O)C(=C)C. The van der Waals surface area contributed by atoms with Crippen LogP contribution >= 0.6 is 0 Å². The molecule has 0 aromatic carbocycles. The maximum atomic E-state index is 11.8. The molecule has 0 saturated heterocycles. The van der Waals surface area contributed by atoms with Crippen molar-refractivity contribution in [3.05, 3.63) is 24.3 Å². The van der Waals surface area contributed by atoms with Crippen LogP contribution in [0.5, 0.6) is 0 Å². The number of aliphatic hydroxyl groups excluding tert-OH is 2. The molecule has 0 spiro atoms. The fourth-order valence-corrected chi connectivity index (χ4v) is 3.01. The van der Waals surface area contributed by atoms with Crippen LogP contribution in [0.1, 0.15) is 47.5 Å². The maximum absolute atomic E-state index is 11.8. The molecule has 3 unspecified atom stereocenters. The van der Waals surface area contributed by atoms with Gasteiger partial charge in [0.1, 0.15) is 13.2 Å². The van der Waals surface area contributed by atoms with Crippen molar-refractivity contribution in [3.8, 4) is 0 Å². The van der Waals surface area contributed by atoms with Gasteiger partial charge in [0.05, 0.1) is 0 Å². The molecule has 0 heterocycles. The summed E-state index contributed by atoms with van der Waals surface area (Å²) >= 11 is 0. The first kappa shape index (κ1) is 30.3. The molecule has 0 rings (SSSR count). The minimum atomic E-state index is -1.43. The lowest BCUT2D eigenvalue weighted by molar-refractivity contribution is -0.125. The Morgan fingerprint density at radius 1 is 0.879 bits per heavy atom. The van der Waals surface area contributed by atoms with Crippen LogP contribution in [0.3, 0.4) is 0 Å². The Labute approximate surface area is 195 Å². The highest BCUT2D eigenvalue weighted by Gasteiger charge is 2.23. The molecule has 10 nitrogen and oxygen atoms in total. The van der Waals surface area contributed by atoms with Crippen LogP contribution in [0.2, 0.25) is 0 Å². The van der Waals surface area contributed by atoms with Crippen molar-refractivity contribution >= 4 is 23.8 Å². The third kappa shape index (κ3) is 13.4. The summed E-state index contributed by atoms with van der Waals surface area (Å²) in [5.74, 6) is -1.07. The van der Waals surface area contributed by atoms with Crippen molar-refractivity contribution < 1.29 is 38.9 Å². The average molecular weight is 471 g/mol. The number of ketones is 2. The minimum Gasteiger partial charge on any atom is -0.446 e. The first-order valence-corrected chi connectivity index (χ1v) is 10.7. The number of Topliss-reactive ketones (excluding diaryl/α,β-unsaturated/α-hetero) is 2. The van der Waals surface area contributed by atoms with Crippen molar-refractivity contribution in [2.24, 2.45) is 11.3 Å². The summed E-state index contributed by atoms with van der Waals surface area (Å²) in [6, 6.07) is 0. The highest BCUT2D eigenvalue weighted by Crippen LogP contribution is 2.28. The van der Waals surface area contributed by atoms with Gasteiger partial charge in [-0.15, -0.1) is 0 Å². The van der Waals surface area contributed by atoms with Gasteiger partial charge in [-0.25, -0.2) is 9.59 Å². The number of hydrogen-bond donors (Lipinski definition) is 4. The van der Waals surface area contributed by atoms with Crippen LogP contribution in [0.4, 0.5) is 9.59 Å². The molecule has 0 radical (unpaired) electrons. The zero-order valence-corrected chi connectivity index (χ0v) is 20.2. The number of ether oxygens (including phenoxy) is 2. The highest BCUT2D eigenvalue weighted by atomic mass is 16.6. The maximum Gasteiger partial charge on any atom is 0.407 e. The molecule has 0 aromatic rings. The van der Waals surface area contributed by atoms with Gasteiger partial charge in [-0.1, -0.05) is 33.9 Å². The number of nitrogens with one attached hydrogen (secondary N) is 2. The molecule has 0 aliphatic rings. The van der Waals surface area contributed by atoms with E-state index in [9.17, 15) is 29.4 Å². The van der Waals surface area contributed by atoms with E-state index >= 15 is 0 Å². The summed E-state index contributed by atoms with van der Waals surface area (Å²) < 4.78 is 9.68. The monoisotopic (exact) mass is 470 g/mol. The first-order chi connectivity index (χ1) is 15.2. The summed E-state index contributed by atoms with van der Waals surface area (Å²) in [7, 11) is 0. The summed E-state index contributed by atoms with van der Waals surface area (Å²) in [6.45, 7) is 15.5. The van der Waals surface area contributed by atoms with Crippen LogP contribution in [-0.2, 0) is 19.1 Å². The summed E-state index contributed by atoms with van der Waals surface area (Å²) in [5.41, 5.74) is 0.193. The van der Waals surface area contributed by atoms with Gasteiger partial charge in [0, 0.05) is 13.1 Å². The molecule has 3 atom stereocenters. The highest BCUT2D eigenvalue weighted by molar-refractivity contribution is 5.98. The van der Waals surface area contributed by atoms with Crippen LogP contribution < -0.4 is 10.6 Å². The van der Waals surface area contributed by atoms with Gasteiger partial charge in [0.2, 0.25) is 0 Å². The Bertz CT molecular complexity index is 732. The van der Waals surface area contributed by atoms with E-state index in [1.165, 1.54) is 13.8 Å². The zero-order chi connectivity index (χ0) is 25.8. The number of alkyl carbamates (subject to hydrolysis) is 2. The van der Waals surface area contributed by atoms with Gasteiger partial charge < -0.3 is 30.3 Å². The molecule has 2 amide bonds. The Morgan fingerprint density at radius 3 is 1.73 bits per heavy atom. The number of carbonyl (C=O) groups excluding carboxylic acids is 4. The van der Waals surface area contributed by atoms with Crippen molar-refractivity contribution in [2.45, 2.75) is 59.7 Å². The second-order valence-electron chi connectivity index (χ2n) is 9.05. The molecule has 0 fully saturated rings. The Kier molecular flexibility index (Phi) is 13.2. The second-order valence-corrected chi connectivity index (χ2v) is 9.05. The molecule has 0 bridgehead atoms. The van der Waals surface area contributed by atoms with Gasteiger partial charge in [0.25, 0.3) is 0 Å². The van der Waals surface area contributed by atoms with Gasteiger partial charge in [-0.05, 0) is 49.2 Å². The number of carbonyl (C=O) groups is 4. The smallest absolute Gasteiger partial charge is 0.407 e. The van der Waals surface area contributed by atoms with Gasteiger partial charge >= 0.3 is 12.2 Å². The first-order valence-electron chi connectivity index (χ1n) is 10.7. The van der Waals surface area contributed by atoms with Gasteiger partial charge in [0.15, 0.2) is 23.8 Å². The van der Waals surface area contributed by atoms with E-state index in [0.717, 1.165) is 6.42 Å². The van der Waals surface area contributed by atoms with E-state index in [1.807, 2.05) is 20.8 Å². The Morgan fingerprint density at radius 2 is 1.30 bits per heavy atom. The molecular formula is C23H38N2O8. The fourth-order valence-electron chi connectivity index (χ4n) is 3.01. The van der Waals surface area contributed by atoms with E-state index in [4.69, 9.17) is 9.47 Å². The molecule has 188 valence electrons. The molecule has 0 aromatic heterocycles. The Balaban J connectivity index is 4.19. The lowest BCUT2D eigenvalue weighted by Crippen LogP contribution is -2.35. The van der Waals surface area contributed by atoms with E-state index < -0.39 is 49.2 Å². The molecule has 0 saturated carbocycles. The fraction of sp³-hybridized carbons (Fsp3) is 0.652. The van der Waals surface area contributed by atoms with Crippen LogP contribution in [0, 0.1) is 11.3 Å². The summed E-state index contributed by atoms with van der Waals surface area (Å²) in [4.78, 5) is 46.5. The van der Waals surface area contributed by atoms with Gasteiger partial charge in [-0.2, -0.15) is 0 Å². The largest absolute Gasteiger partial charge is 0.446 e. The quantitative estimate of drug-likeness (QED) is 0.265. The van der Waals surface area contributed by atoms with Crippen LogP contribution in [0.25, 0.3) is 0 Å². The van der Waals surface area contributed by atoms with Crippen molar-refractivity contribution in [1.29, 1.82) is 0 Å². The summed E-state index contributed by atoms with van der Waals surface area (Å²) in [6.07, 6.45) is -2.97. The number of aliphatic hydroxyl groups is 2. The third-order valence-electron chi connectivity index (χ3n) is 4.76. The second kappa shape index (κ2) is 14.4. The minimum absolute atomic E-state index is 0.0878. The third-order valence-corrected chi connectivity index (χ3v) is 4.76. The van der Waals surface area contributed by atoms with E-state index in [0.29, 0.717) is 19.5 Å². The molecule has 0 aliphatic carbocycles. The molecule has 33 heavy (non-hydrogen) atoms. The van der Waals surface area contributed by atoms with Crippen LogP contribution in [0.15, 0.2) is 24.3 Å². The number of amides is 2. The lowest BCUT2D eigenvalue weighted by Gasteiger charge is -2.28. The van der Waals surface area contributed by atoms with Crippen molar-refractivity contribution in [2.75, 3.05) is 26.3 Å². The standard InChI is InChI=1S/C23H38N2O8/c1-14(2)19(28)17(26)12-32-21(30)24-9-8-23(6,7)10-16(5)11-25-22(31)33-13-18(27)20(29)15(3)4/h16-18,26-27H,1,3,8-13H2,2,4-7H3,(H,24,30)(H,25,31). The zero-order valence-electron chi connectivity index (χ0n) is 20.2. The topological polar surface area (TPSA) is 151 Å². The van der Waals surface area contributed by atoms with Crippen LogP contribution in [-0.4, -0.2) is 72.5 Å². The number of rotatable bonds is 15. The van der Waals surface area contributed by atoms with E-state index in [1.54, 1.807) is 0 Å². The predicted octanol–water partition coefficient (Wildman–Crippen LogP) is 1.89. The van der Waals surface area contributed by atoms with Crippen molar-refractivity contribution in [3.63, 3.8) is 0 Å². The predicted molar refractivity (Wildman–Crippen MR) is 123 cm³/mol. The Hall–Kier alpha value is -2.72. The van der Waals surface area contributed by atoms with E-state index in [2.05, 4.69) is 23.8 Å². The summed E-state index contributed by atoms with van der Waals surface area (Å²) in [5, 5.41) is 24.4. The molecule has 0 aliphatic heterocycles. The number of hydrogen-bond acceptors (Lipinski definition) is 8. The van der Waals surface area contributed by atoms with Crippen molar-refractivity contribution in [1.82, 2.24) is 10.6 Å².